The quantitative estimate of drug-likeness (QED) is 0.902. The molecule has 104 valence electrons. The molecule has 0 amide bonds. The van der Waals surface area contributed by atoms with Gasteiger partial charge >= 0.3 is 5.97 Å². The Morgan fingerprint density at radius 2 is 2.10 bits per heavy atom. The number of rotatable bonds is 2. The molecular weight excluding hydrogens is 337 g/mol. The summed E-state index contributed by atoms with van der Waals surface area (Å²) in [6.45, 7) is 0.575. The first-order valence-corrected chi connectivity index (χ1v) is 6.35. The number of hydrogen-bond acceptors (Lipinski definition) is 5. The minimum atomic E-state index is -1.26. The van der Waals surface area contributed by atoms with Crippen molar-refractivity contribution in [2.75, 3.05) is 13.2 Å². The lowest BCUT2D eigenvalue weighted by Crippen LogP contribution is -2.16. The standard InChI is InChI=1S/C12H7BrFNO5/c13-5-3-8-11(19-2-1-18-8)10(14)9(5)7-4-6(12(16)17)15-20-7/h3-4H,1-2H2,(H,16,17). The van der Waals surface area contributed by atoms with Gasteiger partial charge in [0, 0.05) is 10.5 Å². The molecule has 0 aliphatic carbocycles. The normalized spacial score (nSPS) is 13.3. The highest BCUT2D eigenvalue weighted by atomic mass is 79.9. The second-order valence-electron chi connectivity index (χ2n) is 3.95. The molecule has 2 aromatic rings. The van der Waals surface area contributed by atoms with Gasteiger partial charge in [-0.15, -0.1) is 0 Å². The molecule has 1 aliphatic heterocycles. The summed E-state index contributed by atoms with van der Waals surface area (Å²) in [5.41, 5.74) is -0.268. The zero-order valence-corrected chi connectivity index (χ0v) is 11.4. The van der Waals surface area contributed by atoms with E-state index >= 15 is 0 Å². The Balaban J connectivity index is 2.15. The maximum absolute atomic E-state index is 14.4. The summed E-state index contributed by atoms with van der Waals surface area (Å²) >= 11 is 3.20. The van der Waals surface area contributed by atoms with Crippen LogP contribution in [0.3, 0.4) is 0 Å². The maximum Gasteiger partial charge on any atom is 0.358 e. The Hall–Kier alpha value is -2.09. The van der Waals surface area contributed by atoms with E-state index in [2.05, 4.69) is 21.1 Å². The molecule has 1 N–H and O–H groups in total. The van der Waals surface area contributed by atoms with Crippen LogP contribution in [-0.4, -0.2) is 29.4 Å². The second kappa shape index (κ2) is 4.78. The highest BCUT2D eigenvalue weighted by molar-refractivity contribution is 9.10. The third kappa shape index (κ3) is 2.01. The van der Waals surface area contributed by atoms with E-state index in [-0.39, 0.29) is 35.1 Å². The third-order valence-corrected chi connectivity index (χ3v) is 3.33. The molecule has 0 unspecified atom stereocenters. The van der Waals surface area contributed by atoms with Gasteiger partial charge in [-0.05, 0) is 22.0 Å². The number of carbonyl (C=O) groups is 1. The van der Waals surface area contributed by atoms with Crippen LogP contribution in [-0.2, 0) is 0 Å². The fraction of sp³-hybridized carbons (Fsp3) is 0.167. The molecule has 0 bridgehead atoms. The molecule has 8 heteroatoms. The van der Waals surface area contributed by atoms with Crippen LogP contribution >= 0.6 is 15.9 Å². The zero-order valence-electron chi connectivity index (χ0n) is 9.85. The fourth-order valence-electron chi connectivity index (χ4n) is 1.84. The van der Waals surface area contributed by atoms with E-state index in [0.717, 1.165) is 6.07 Å². The number of aromatic carboxylic acids is 1. The minimum absolute atomic E-state index is 0.0104. The predicted molar refractivity (Wildman–Crippen MR) is 67.5 cm³/mol. The van der Waals surface area contributed by atoms with Crippen LogP contribution in [0.15, 0.2) is 21.1 Å². The van der Waals surface area contributed by atoms with Crippen molar-refractivity contribution in [1.29, 1.82) is 0 Å². The number of nitrogens with zero attached hydrogens (tertiary/aromatic N) is 1. The van der Waals surface area contributed by atoms with Gasteiger partial charge in [0.2, 0.25) is 0 Å². The Labute approximate surface area is 120 Å². The van der Waals surface area contributed by atoms with Crippen molar-refractivity contribution in [2.24, 2.45) is 0 Å². The number of benzene rings is 1. The van der Waals surface area contributed by atoms with Crippen molar-refractivity contribution >= 4 is 21.9 Å². The average molecular weight is 344 g/mol. The maximum atomic E-state index is 14.4. The Kier molecular flexibility index (Phi) is 3.09. The lowest BCUT2D eigenvalue weighted by molar-refractivity contribution is 0.0686. The van der Waals surface area contributed by atoms with E-state index in [9.17, 15) is 9.18 Å². The molecule has 0 saturated heterocycles. The summed E-state index contributed by atoms with van der Waals surface area (Å²) in [5.74, 6) is -1.70. The number of carboxylic acid groups (broad SMARTS) is 1. The van der Waals surface area contributed by atoms with Gasteiger partial charge in [0.15, 0.2) is 28.8 Å². The number of aromatic nitrogens is 1. The summed E-state index contributed by atoms with van der Waals surface area (Å²) in [6.07, 6.45) is 0. The number of fused-ring (bicyclic) bond motifs is 1. The van der Waals surface area contributed by atoms with Crippen LogP contribution in [0.1, 0.15) is 10.5 Å². The lowest BCUT2D eigenvalue weighted by atomic mass is 10.1. The monoisotopic (exact) mass is 343 g/mol. The van der Waals surface area contributed by atoms with E-state index in [1.165, 1.54) is 6.07 Å². The van der Waals surface area contributed by atoms with E-state index in [1.807, 2.05) is 0 Å². The van der Waals surface area contributed by atoms with Crippen LogP contribution in [0.5, 0.6) is 11.5 Å². The van der Waals surface area contributed by atoms with Gasteiger partial charge in [-0.2, -0.15) is 0 Å². The SMILES string of the molecule is O=C(O)c1cc(-c2c(Br)cc3c(c2F)OCCO3)on1. The molecule has 3 rings (SSSR count). The number of halogens is 2. The fourth-order valence-corrected chi connectivity index (χ4v) is 2.41. The van der Waals surface area contributed by atoms with Gasteiger partial charge in [-0.25, -0.2) is 9.18 Å². The summed E-state index contributed by atoms with van der Waals surface area (Å²) in [6, 6.07) is 2.68. The van der Waals surface area contributed by atoms with Crippen molar-refractivity contribution in [1.82, 2.24) is 5.16 Å². The first kappa shape index (κ1) is 12.9. The van der Waals surface area contributed by atoms with Crippen molar-refractivity contribution < 1.29 is 28.3 Å². The summed E-state index contributed by atoms with van der Waals surface area (Å²) in [4.78, 5) is 10.8. The first-order valence-electron chi connectivity index (χ1n) is 5.56. The van der Waals surface area contributed by atoms with Crippen molar-refractivity contribution in [3.63, 3.8) is 0 Å². The van der Waals surface area contributed by atoms with Gasteiger partial charge in [0.25, 0.3) is 0 Å². The predicted octanol–water partition coefficient (Wildman–Crippen LogP) is 2.71. The Bertz CT molecular complexity index is 699. The molecule has 0 spiro atoms. The van der Waals surface area contributed by atoms with Gasteiger partial charge in [0.05, 0.1) is 5.56 Å². The van der Waals surface area contributed by atoms with Crippen LogP contribution in [0.4, 0.5) is 4.39 Å². The summed E-state index contributed by atoms with van der Waals surface area (Å²) in [5, 5.41) is 12.2. The van der Waals surface area contributed by atoms with Crippen LogP contribution in [0.2, 0.25) is 0 Å². The summed E-state index contributed by atoms with van der Waals surface area (Å²) in [7, 11) is 0. The molecule has 0 radical (unpaired) electrons. The van der Waals surface area contributed by atoms with Crippen molar-refractivity contribution in [3.8, 4) is 22.8 Å². The molecule has 2 heterocycles. The molecule has 6 nitrogen and oxygen atoms in total. The molecule has 1 aliphatic rings. The van der Waals surface area contributed by atoms with Gasteiger partial charge in [-0.1, -0.05) is 5.16 Å². The van der Waals surface area contributed by atoms with Crippen LogP contribution in [0, 0.1) is 5.82 Å². The average Bonchev–Trinajstić information content (AvgIpc) is 2.88. The molecule has 1 aromatic heterocycles. The molecule has 20 heavy (non-hydrogen) atoms. The van der Waals surface area contributed by atoms with Gasteiger partial charge in [-0.3, -0.25) is 0 Å². The Morgan fingerprint density at radius 3 is 2.80 bits per heavy atom. The van der Waals surface area contributed by atoms with Crippen molar-refractivity contribution in [2.45, 2.75) is 0 Å². The summed E-state index contributed by atoms with van der Waals surface area (Å²) < 4.78 is 30.2. The topological polar surface area (TPSA) is 81.8 Å². The van der Waals surface area contributed by atoms with Crippen LogP contribution < -0.4 is 9.47 Å². The lowest BCUT2D eigenvalue weighted by Gasteiger charge is -2.20. The van der Waals surface area contributed by atoms with Crippen LogP contribution in [0.25, 0.3) is 11.3 Å². The number of ether oxygens (including phenoxy) is 2. The van der Waals surface area contributed by atoms with Gasteiger partial charge < -0.3 is 19.1 Å². The molecule has 0 saturated carbocycles. The van der Waals surface area contributed by atoms with E-state index in [1.54, 1.807) is 0 Å². The van der Waals surface area contributed by atoms with E-state index in [0.29, 0.717) is 11.1 Å². The highest BCUT2D eigenvalue weighted by Gasteiger charge is 2.26. The number of carboxylic acids is 1. The zero-order chi connectivity index (χ0) is 14.3. The largest absolute Gasteiger partial charge is 0.486 e. The van der Waals surface area contributed by atoms with E-state index < -0.39 is 11.8 Å². The molecular formula is C12H7BrFNO5. The molecule has 1 aromatic carbocycles. The smallest absolute Gasteiger partial charge is 0.358 e. The Morgan fingerprint density at radius 1 is 1.35 bits per heavy atom. The number of hydrogen-bond donors (Lipinski definition) is 1. The highest BCUT2D eigenvalue weighted by Crippen LogP contribution is 2.43. The minimum Gasteiger partial charge on any atom is -0.486 e. The second-order valence-corrected chi connectivity index (χ2v) is 4.81. The molecule has 0 fully saturated rings. The molecule has 0 atom stereocenters. The van der Waals surface area contributed by atoms with Gasteiger partial charge in [0.1, 0.15) is 13.2 Å². The third-order valence-electron chi connectivity index (χ3n) is 2.70. The van der Waals surface area contributed by atoms with Crippen molar-refractivity contribution in [3.05, 3.63) is 28.1 Å². The van der Waals surface area contributed by atoms with E-state index in [4.69, 9.17) is 19.1 Å². The first-order chi connectivity index (χ1) is 9.58.